The smallest absolute Gasteiger partial charge is 0.323 e. The number of ether oxygens (including phenoxy) is 3. The maximum atomic E-state index is 12.6. The summed E-state index contributed by atoms with van der Waals surface area (Å²) in [7, 11) is 1.58. The molecule has 3 rings (SSSR count). The topological polar surface area (TPSA) is 69.2 Å². The van der Waals surface area contributed by atoms with Crippen LogP contribution in [0, 0.1) is 0 Å². The van der Waals surface area contributed by atoms with Crippen molar-refractivity contribution < 1.29 is 19.0 Å². The van der Waals surface area contributed by atoms with Crippen LogP contribution >= 0.6 is 15.9 Å². The normalized spacial score (nSPS) is 10.7. The fourth-order valence-corrected chi connectivity index (χ4v) is 2.69. The quantitative estimate of drug-likeness (QED) is 0.311. The van der Waals surface area contributed by atoms with Gasteiger partial charge in [0.15, 0.2) is 0 Å². The second kappa shape index (κ2) is 10.3. The second-order valence-corrected chi connectivity index (χ2v) is 6.67. The van der Waals surface area contributed by atoms with E-state index >= 15 is 0 Å². The van der Waals surface area contributed by atoms with Crippen molar-refractivity contribution in [1.29, 1.82) is 0 Å². The van der Waals surface area contributed by atoms with Crippen molar-refractivity contribution >= 4 is 28.1 Å². The van der Waals surface area contributed by atoms with Crippen LogP contribution < -0.4 is 19.6 Å². The zero-order valence-electron chi connectivity index (χ0n) is 15.6. The molecule has 0 bridgehead atoms. The van der Waals surface area contributed by atoms with Gasteiger partial charge in [0.1, 0.15) is 17.2 Å². The summed E-state index contributed by atoms with van der Waals surface area (Å²) >= 11 is 3.44. The van der Waals surface area contributed by atoms with Crippen molar-refractivity contribution in [3.8, 4) is 17.2 Å². The minimum atomic E-state index is -1.22. The van der Waals surface area contributed by atoms with Crippen molar-refractivity contribution in [3.05, 3.63) is 88.9 Å². The van der Waals surface area contributed by atoms with Crippen molar-refractivity contribution in [3.63, 3.8) is 0 Å². The highest BCUT2D eigenvalue weighted by atomic mass is 79.9. The average molecular weight is 455 g/mol. The molecule has 0 unspecified atom stereocenters. The fourth-order valence-electron chi connectivity index (χ4n) is 2.34. The summed E-state index contributed by atoms with van der Waals surface area (Å²) in [6, 6.07) is 23.4. The Balaban J connectivity index is 1.72. The van der Waals surface area contributed by atoms with Crippen molar-refractivity contribution in [1.82, 2.24) is 5.43 Å². The van der Waals surface area contributed by atoms with Gasteiger partial charge in [0.25, 0.3) is 0 Å². The molecule has 0 fully saturated rings. The summed E-state index contributed by atoms with van der Waals surface area (Å²) in [5.74, 6) is 1.14. The Morgan fingerprint density at radius 2 is 1.52 bits per heavy atom. The molecule has 29 heavy (non-hydrogen) atoms. The van der Waals surface area contributed by atoms with Gasteiger partial charge in [-0.1, -0.05) is 52.3 Å². The van der Waals surface area contributed by atoms with Gasteiger partial charge in [-0.3, -0.25) is 4.79 Å². The lowest BCUT2D eigenvalue weighted by atomic mass is 10.2. The predicted molar refractivity (Wildman–Crippen MR) is 114 cm³/mol. The molecule has 0 atom stereocenters. The molecular formula is C22H19BrN2O4. The van der Waals surface area contributed by atoms with Crippen LogP contribution in [0.1, 0.15) is 5.56 Å². The number of amides is 1. The second-order valence-electron chi connectivity index (χ2n) is 5.82. The largest absolute Gasteiger partial charge is 0.497 e. The molecule has 1 N–H and O–H groups in total. The zero-order chi connectivity index (χ0) is 20.5. The molecule has 0 aliphatic carbocycles. The third-order valence-corrected chi connectivity index (χ3v) is 4.49. The number of para-hydroxylation sites is 2. The van der Waals surface area contributed by atoms with E-state index in [1.54, 1.807) is 37.4 Å². The number of benzene rings is 3. The number of carbonyl (C=O) groups excluding carboxylic acids is 1. The molecule has 0 aliphatic heterocycles. The average Bonchev–Trinajstić information content (AvgIpc) is 2.76. The minimum Gasteiger partial charge on any atom is -0.497 e. The SMILES string of the molecule is COc1ccc(Br)c(/C=N\NC(=O)C(Oc2ccccc2)Oc2ccccc2)c1. The molecule has 7 heteroatoms. The molecule has 3 aromatic rings. The van der Waals surface area contributed by atoms with E-state index in [1.165, 1.54) is 6.21 Å². The van der Waals surface area contributed by atoms with Gasteiger partial charge in [-0.2, -0.15) is 5.10 Å². The van der Waals surface area contributed by atoms with Crippen molar-refractivity contribution in [2.24, 2.45) is 5.10 Å². The molecule has 0 saturated carbocycles. The summed E-state index contributed by atoms with van der Waals surface area (Å²) in [6.45, 7) is 0. The van der Waals surface area contributed by atoms with Crippen LogP contribution in [0.5, 0.6) is 17.2 Å². The van der Waals surface area contributed by atoms with Crippen LogP contribution in [-0.2, 0) is 4.79 Å². The summed E-state index contributed by atoms with van der Waals surface area (Å²) < 4.78 is 17.4. The molecule has 6 nitrogen and oxygen atoms in total. The maximum absolute atomic E-state index is 12.6. The molecule has 0 aromatic heterocycles. The van der Waals surface area contributed by atoms with Gasteiger partial charge in [0.05, 0.1) is 13.3 Å². The van der Waals surface area contributed by atoms with Gasteiger partial charge >= 0.3 is 12.2 Å². The highest BCUT2D eigenvalue weighted by Crippen LogP contribution is 2.21. The molecule has 0 spiro atoms. The summed E-state index contributed by atoms with van der Waals surface area (Å²) in [4.78, 5) is 12.6. The Morgan fingerprint density at radius 3 is 2.07 bits per heavy atom. The third kappa shape index (κ3) is 6.08. The first-order chi connectivity index (χ1) is 14.2. The van der Waals surface area contributed by atoms with E-state index in [9.17, 15) is 4.79 Å². The first-order valence-electron chi connectivity index (χ1n) is 8.75. The van der Waals surface area contributed by atoms with E-state index in [1.807, 2.05) is 48.5 Å². The first-order valence-corrected chi connectivity index (χ1v) is 9.55. The number of hydrazone groups is 1. The third-order valence-electron chi connectivity index (χ3n) is 3.77. The van der Waals surface area contributed by atoms with E-state index < -0.39 is 12.2 Å². The van der Waals surface area contributed by atoms with E-state index in [0.29, 0.717) is 17.2 Å². The molecule has 0 saturated heterocycles. The molecule has 1 amide bonds. The summed E-state index contributed by atoms with van der Waals surface area (Å²) in [5, 5.41) is 4.01. The number of halogens is 1. The highest BCUT2D eigenvalue weighted by molar-refractivity contribution is 9.10. The standard InChI is InChI=1S/C22H19BrN2O4/c1-27-19-12-13-20(23)16(14-19)15-24-25-21(26)22(28-17-8-4-2-5-9-17)29-18-10-6-3-7-11-18/h2-15,22H,1H3,(H,25,26)/b24-15-. The number of hydrogen-bond acceptors (Lipinski definition) is 5. The van der Waals surface area contributed by atoms with Gasteiger partial charge in [-0.05, 0) is 42.5 Å². The van der Waals surface area contributed by atoms with Crippen molar-refractivity contribution in [2.75, 3.05) is 7.11 Å². The molecule has 3 aromatic carbocycles. The minimum absolute atomic E-state index is 0.503. The van der Waals surface area contributed by atoms with Gasteiger partial charge in [-0.15, -0.1) is 0 Å². The van der Waals surface area contributed by atoms with E-state index in [2.05, 4.69) is 26.5 Å². The Hall–Kier alpha value is -3.32. The fraction of sp³-hybridized carbons (Fsp3) is 0.0909. The summed E-state index contributed by atoms with van der Waals surface area (Å²) in [5.41, 5.74) is 3.20. The Kier molecular flexibility index (Phi) is 7.24. The monoisotopic (exact) mass is 454 g/mol. The number of carbonyl (C=O) groups is 1. The van der Waals surface area contributed by atoms with Crippen LogP contribution in [0.25, 0.3) is 0 Å². The Morgan fingerprint density at radius 1 is 0.931 bits per heavy atom. The van der Waals surface area contributed by atoms with Gasteiger partial charge in [-0.25, -0.2) is 5.43 Å². The van der Waals surface area contributed by atoms with Gasteiger partial charge in [0.2, 0.25) is 0 Å². The molecule has 0 heterocycles. The lowest BCUT2D eigenvalue weighted by Gasteiger charge is -2.18. The predicted octanol–water partition coefficient (Wildman–Crippen LogP) is 4.39. The lowest BCUT2D eigenvalue weighted by molar-refractivity contribution is -0.140. The number of nitrogens with one attached hydrogen (secondary N) is 1. The maximum Gasteiger partial charge on any atom is 0.323 e. The van der Waals surface area contributed by atoms with Gasteiger partial charge in [0, 0.05) is 10.0 Å². The number of nitrogens with zero attached hydrogens (tertiary/aromatic N) is 1. The Labute approximate surface area is 177 Å². The first kappa shape index (κ1) is 20.4. The zero-order valence-corrected chi connectivity index (χ0v) is 17.2. The number of hydrogen-bond donors (Lipinski definition) is 1. The van der Waals surface area contributed by atoms with Crippen LogP contribution in [0.15, 0.2) is 88.4 Å². The number of methoxy groups -OCH3 is 1. The highest BCUT2D eigenvalue weighted by Gasteiger charge is 2.22. The lowest BCUT2D eigenvalue weighted by Crippen LogP contribution is -2.40. The van der Waals surface area contributed by atoms with E-state index in [0.717, 1.165) is 10.0 Å². The van der Waals surface area contributed by atoms with Crippen molar-refractivity contribution in [2.45, 2.75) is 6.29 Å². The van der Waals surface area contributed by atoms with Crippen LogP contribution in [0.2, 0.25) is 0 Å². The molecule has 0 aliphatic rings. The summed E-state index contributed by atoms with van der Waals surface area (Å²) in [6.07, 6.45) is 0.290. The van der Waals surface area contributed by atoms with Gasteiger partial charge < -0.3 is 14.2 Å². The van der Waals surface area contributed by atoms with Crippen LogP contribution in [0.3, 0.4) is 0 Å². The molecule has 0 radical (unpaired) electrons. The molecular weight excluding hydrogens is 436 g/mol. The van der Waals surface area contributed by atoms with E-state index in [4.69, 9.17) is 14.2 Å². The van der Waals surface area contributed by atoms with E-state index in [-0.39, 0.29) is 0 Å². The van der Waals surface area contributed by atoms with Crippen LogP contribution in [-0.4, -0.2) is 25.5 Å². The Bertz CT molecular complexity index is 924. The number of rotatable bonds is 8. The molecule has 148 valence electrons. The van der Waals surface area contributed by atoms with Crippen LogP contribution in [0.4, 0.5) is 0 Å².